The van der Waals surface area contributed by atoms with Crippen molar-refractivity contribution < 1.29 is 32.3 Å². The highest BCUT2D eigenvalue weighted by Crippen LogP contribution is 2.36. The van der Waals surface area contributed by atoms with Gasteiger partial charge in [-0.05, 0) is 67.9 Å². The summed E-state index contributed by atoms with van der Waals surface area (Å²) in [6.45, 7) is 0.928. The standard InChI is InChI=1S/C25H27F4N3O3/c26-20-10-8-17(14-19(20)25(27,28)29)22(15-23(33)34)32-13-12-31(24(32)35)11-3-5-18-9-7-16-4-1-2-6-21(16)30-18/h7-10,14,22H,1-6,11-13,15H2,(H,33,34)/t22-/m0/s1. The molecule has 1 aliphatic heterocycles. The zero-order valence-electron chi connectivity index (χ0n) is 19.2. The molecule has 1 N–H and O–H groups in total. The van der Waals surface area contributed by atoms with E-state index < -0.39 is 42.0 Å². The monoisotopic (exact) mass is 493 g/mol. The SMILES string of the molecule is O=C(O)C[C@@H](c1ccc(F)c(C(F)(F)F)c1)N1CCN(CCCc2ccc3c(n2)CCCC3)C1=O. The molecule has 2 aliphatic rings. The van der Waals surface area contributed by atoms with Gasteiger partial charge in [0.1, 0.15) is 5.82 Å². The highest BCUT2D eigenvalue weighted by atomic mass is 19.4. The van der Waals surface area contributed by atoms with Crippen molar-refractivity contribution in [3.05, 3.63) is 64.2 Å². The minimum Gasteiger partial charge on any atom is -0.481 e. The summed E-state index contributed by atoms with van der Waals surface area (Å²) in [5, 5.41) is 9.34. The quantitative estimate of drug-likeness (QED) is 0.525. The fourth-order valence-corrected chi connectivity index (χ4v) is 4.86. The van der Waals surface area contributed by atoms with Crippen LogP contribution in [0.3, 0.4) is 0 Å². The van der Waals surface area contributed by atoms with Gasteiger partial charge < -0.3 is 14.9 Å². The minimum absolute atomic E-state index is 0.0606. The molecule has 2 amide bonds. The predicted octanol–water partition coefficient (Wildman–Crippen LogP) is 5.00. The van der Waals surface area contributed by atoms with Crippen LogP contribution in [0.4, 0.5) is 22.4 Å². The third kappa shape index (κ3) is 5.74. The van der Waals surface area contributed by atoms with Gasteiger partial charge in [0.25, 0.3) is 0 Å². The molecule has 0 spiro atoms. The molecular weight excluding hydrogens is 466 g/mol. The van der Waals surface area contributed by atoms with Crippen LogP contribution < -0.4 is 0 Å². The van der Waals surface area contributed by atoms with Crippen LogP contribution >= 0.6 is 0 Å². The first-order valence-corrected chi connectivity index (χ1v) is 11.7. The van der Waals surface area contributed by atoms with Gasteiger partial charge in [0.15, 0.2) is 0 Å². The second kappa shape index (κ2) is 10.2. The summed E-state index contributed by atoms with van der Waals surface area (Å²) in [4.78, 5) is 32.1. The van der Waals surface area contributed by atoms with Crippen LogP contribution in [-0.4, -0.2) is 51.5 Å². The number of amides is 2. The number of fused-ring (bicyclic) bond motifs is 1. The molecule has 1 atom stereocenters. The summed E-state index contributed by atoms with van der Waals surface area (Å²) >= 11 is 0. The van der Waals surface area contributed by atoms with Crippen molar-refractivity contribution in [3.63, 3.8) is 0 Å². The minimum atomic E-state index is -4.93. The Morgan fingerprint density at radius 1 is 1.11 bits per heavy atom. The summed E-state index contributed by atoms with van der Waals surface area (Å²) in [5.41, 5.74) is 1.86. The van der Waals surface area contributed by atoms with E-state index in [1.54, 1.807) is 4.90 Å². The van der Waals surface area contributed by atoms with E-state index in [-0.39, 0.29) is 12.1 Å². The average molecular weight is 494 g/mol. The number of rotatable bonds is 8. The maximum Gasteiger partial charge on any atom is 0.419 e. The van der Waals surface area contributed by atoms with Crippen LogP contribution in [-0.2, 0) is 30.2 Å². The normalized spacial score (nSPS) is 17.0. The van der Waals surface area contributed by atoms with Crippen LogP contribution in [0.5, 0.6) is 0 Å². The fraction of sp³-hybridized carbons (Fsp3) is 0.480. The highest BCUT2D eigenvalue weighted by Gasteiger charge is 2.38. The van der Waals surface area contributed by atoms with Crippen LogP contribution in [0.1, 0.15) is 59.8 Å². The van der Waals surface area contributed by atoms with Gasteiger partial charge in [-0.2, -0.15) is 13.2 Å². The second-order valence-electron chi connectivity index (χ2n) is 9.03. The Morgan fingerprint density at radius 3 is 2.63 bits per heavy atom. The Labute approximate surface area is 200 Å². The van der Waals surface area contributed by atoms with Crippen LogP contribution in [0, 0.1) is 5.82 Å². The fourth-order valence-electron chi connectivity index (χ4n) is 4.86. The third-order valence-electron chi connectivity index (χ3n) is 6.65. The molecule has 1 aliphatic carbocycles. The van der Waals surface area contributed by atoms with Gasteiger partial charge in [-0.3, -0.25) is 9.78 Å². The lowest BCUT2D eigenvalue weighted by Crippen LogP contribution is -2.36. The number of urea groups is 1. The van der Waals surface area contributed by atoms with Crippen molar-refractivity contribution >= 4 is 12.0 Å². The lowest BCUT2D eigenvalue weighted by molar-refractivity contribution is -0.140. The van der Waals surface area contributed by atoms with Gasteiger partial charge in [-0.1, -0.05) is 12.1 Å². The Kier molecular flexibility index (Phi) is 7.28. The zero-order valence-corrected chi connectivity index (χ0v) is 19.2. The summed E-state index contributed by atoms with van der Waals surface area (Å²) in [6, 6.07) is 4.93. The summed E-state index contributed by atoms with van der Waals surface area (Å²) in [5.74, 6) is -2.71. The van der Waals surface area contributed by atoms with Gasteiger partial charge in [0.05, 0.1) is 18.0 Å². The number of carbonyl (C=O) groups excluding carboxylic acids is 1. The van der Waals surface area contributed by atoms with Crippen LogP contribution in [0.2, 0.25) is 0 Å². The molecule has 10 heteroatoms. The molecule has 6 nitrogen and oxygen atoms in total. The van der Waals surface area contributed by atoms with Crippen molar-refractivity contribution in [3.8, 4) is 0 Å². The van der Waals surface area contributed by atoms with Gasteiger partial charge in [0, 0.05) is 31.0 Å². The van der Waals surface area contributed by atoms with Gasteiger partial charge in [-0.15, -0.1) is 0 Å². The number of hydrogen-bond donors (Lipinski definition) is 1. The molecule has 4 rings (SSSR count). The first-order chi connectivity index (χ1) is 16.6. The number of carbonyl (C=O) groups is 2. The molecule has 0 bridgehead atoms. The molecule has 1 saturated heterocycles. The molecule has 188 valence electrons. The molecule has 0 radical (unpaired) electrons. The molecule has 2 aromatic rings. The lowest BCUT2D eigenvalue weighted by atomic mass is 9.95. The second-order valence-corrected chi connectivity index (χ2v) is 9.03. The van der Waals surface area contributed by atoms with E-state index >= 15 is 0 Å². The number of benzene rings is 1. The molecular formula is C25H27F4N3O3. The van der Waals surface area contributed by atoms with Crippen molar-refractivity contribution in [1.82, 2.24) is 14.8 Å². The molecule has 2 heterocycles. The van der Waals surface area contributed by atoms with E-state index in [2.05, 4.69) is 6.07 Å². The zero-order chi connectivity index (χ0) is 25.2. The molecule has 0 saturated carbocycles. The van der Waals surface area contributed by atoms with E-state index in [4.69, 9.17) is 4.98 Å². The number of carboxylic acid groups (broad SMARTS) is 1. The Hall–Kier alpha value is -3.17. The van der Waals surface area contributed by atoms with E-state index in [9.17, 15) is 32.3 Å². The summed E-state index contributed by atoms with van der Waals surface area (Å²) in [7, 11) is 0. The van der Waals surface area contributed by atoms with Gasteiger partial charge >= 0.3 is 18.2 Å². The highest BCUT2D eigenvalue weighted by molar-refractivity contribution is 5.78. The number of pyridine rings is 1. The maximum atomic E-state index is 13.7. The molecule has 1 aromatic carbocycles. The van der Waals surface area contributed by atoms with Gasteiger partial charge in [0.2, 0.25) is 0 Å². The van der Waals surface area contributed by atoms with Crippen LogP contribution in [0.15, 0.2) is 30.3 Å². The van der Waals surface area contributed by atoms with E-state index in [1.165, 1.54) is 16.9 Å². The maximum absolute atomic E-state index is 13.7. The van der Waals surface area contributed by atoms with E-state index in [1.807, 2.05) is 6.07 Å². The van der Waals surface area contributed by atoms with E-state index in [0.29, 0.717) is 38.1 Å². The number of aliphatic carboxylic acids is 1. The van der Waals surface area contributed by atoms with Gasteiger partial charge in [-0.25, -0.2) is 9.18 Å². The number of aryl methyl sites for hydroxylation is 3. The van der Waals surface area contributed by atoms with Crippen molar-refractivity contribution in [2.45, 2.75) is 57.2 Å². The first kappa shape index (κ1) is 24.9. The van der Waals surface area contributed by atoms with Crippen molar-refractivity contribution in [2.75, 3.05) is 19.6 Å². The number of aromatic nitrogens is 1. The molecule has 35 heavy (non-hydrogen) atoms. The molecule has 0 unspecified atom stereocenters. The predicted molar refractivity (Wildman–Crippen MR) is 119 cm³/mol. The summed E-state index contributed by atoms with van der Waals surface area (Å²) < 4.78 is 53.3. The van der Waals surface area contributed by atoms with Crippen molar-refractivity contribution in [1.29, 1.82) is 0 Å². The van der Waals surface area contributed by atoms with Crippen molar-refractivity contribution in [2.24, 2.45) is 0 Å². The van der Waals surface area contributed by atoms with Crippen LogP contribution in [0.25, 0.3) is 0 Å². The smallest absolute Gasteiger partial charge is 0.419 e. The lowest BCUT2D eigenvalue weighted by Gasteiger charge is -2.28. The number of alkyl halides is 3. The molecule has 1 fully saturated rings. The molecule has 1 aromatic heterocycles. The first-order valence-electron chi connectivity index (χ1n) is 11.7. The Morgan fingerprint density at radius 2 is 1.89 bits per heavy atom. The number of carboxylic acids is 1. The number of hydrogen-bond acceptors (Lipinski definition) is 3. The Balaban J connectivity index is 1.43. The Bertz CT molecular complexity index is 1110. The van der Waals surface area contributed by atoms with E-state index in [0.717, 1.165) is 36.7 Å². The third-order valence-corrected chi connectivity index (χ3v) is 6.65. The topological polar surface area (TPSA) is 73.7 Å². The number of halogens is 4. The average Bonchev–Trinajstić information content (AvgIpc) is 3.17. The number of nitrogens with zero attached hydrogens (tertiary/aromatic N) is 3. The summed E-state index contributed by atoms with van der Waals surface area (Å²) in [6.07, 6.45) is 0.175. The largest absolute Gasteiger partial charge is 0.481 e.